The lowest BCUT2D eigenvalue weighted by Gasteiger charge is -2.37. The van der Waals surface area contributed by atoms with Crippen LogP contribution < -0.4 is 5.32 Å². The smallest absolute Gasteiger partial charge is 0.0562 e. The van der Waals surface area contributed by atoms with Crippen molar-refractivity contribution >= 4 is 0 Å². The molecule has 0 aliphatic carbocycles. The van der Waals surface area contributed by atoms with Crippen molar-refractivity contribution in [2.45, 2.75) is 51.7 Å². The van der Waals surface area contributed by atoms with E-state index in [1.165, 1.54) is 32.4 Å². The Kier molecular flexibility index (Phi) is 5.20. The third kappa shape index (κ3) is 3.82. The van der Waals surface area contributed by atoms with Gasteiger partial charge in [0.2, 0.25) is 0 Å². The highest BCUT2D eigenvalue weighted by atomic mass is 15.3. The van der Waals surface area contributed by atoms with Crippen molar-refractivity contribution in [2.75, 3.05) is 19.6 Å². The largest absolute Gasteiger partial charge is 0.313 e. The molecule has 2 atom stereocenters. The number of hydrogen-bond acceptors (Lipinski definition) is 3. The second kappa shape index (κ2) is 6.90. The fraction of sp³-hybridized carbons (Fsp3) is 0.786. The van der Waals surface area contributed by atoms with Crippen LogP contribution in [0.2, 0.25) is 0 Å². The zero-order chi connectivity index (χ0) is 12.8. The first-order valence-electron chi connectivity index (χ1n) is 7.24. The third-order valence-corrected chi connectivity index (χ3v) is 3.77. The molecule has 1 aliphatic heterocycles. The predicted octanol–water partition coefficient (Wildman–Crippen LogP) is 1.74. The van der Waals surface area contributed by atoms with Gasteiger partial charge in [0.05, 0.1) is 6.54 Å². The number of aromatic nitrogens is 2. The van der Waals surface area contributed by atoms with Crippen molar-refractivity contribution in [3.8, 4) is 0 Å². The van der Waals surface area contributed by atoms with Crippen LogP contribution in [0.3, 0.4) is 0 Å². The van der Waals surface area contributed by atoms with Gasteiger partial charge in [-0.1, -0.05) is 6.92 Å². The van der Waals surface area contributed by atoms with Crippen molar-refractivity contribution in [1.29, 1.82) is 0 Å². The first-order chi connectivity index (χ1) is 8.79. The first-order valence-corrected chi connectivity index (χ1v) is 7.24. The number of nitrogens with zero attached hydrogens (tertiary/aromatic N) is 3. The van der Waals surface area contributed by atoms with Crippen LogP contribution in [0, 0.1) is 0 Å². The Morgan fingerprint density at radius 2 is 2.39 bits per heavy atom. The minimum Gasteiger partial charge on any atom is -0.313 e. The van der Waals surface area contributed by atoms with Crippen LogP contribution in [0.4, 0.5) is 0 Å². The SMILES string of the molecule is CCCNC1CCCN(C(C)Cn2cccn2)C1. The molecular weight excluding hydrogens is 224 g/mol. The van der Waals surface area contributed by atoms with E-state index in [1.54, 1.807) is 0 Å². The number of rotatable bonds is 6. The zero-order valence-electron chi connectivity index (χ0n) is 11.7. The molecule has 0 radical (unpaired) electrons. The molecule has 0 amide bonds. The summed E-state index contributed by atoms with van der Waals surface area (Å²) in [5.41, 5.74) is 0. The summed E-state index contributed by atoms with van der Waals surface area (Å²) < 4.78 is 2.04. The van der Waals surface area contributed by atoms with E-state index in [1.807, 2.05) is 23.1 Å². The molecule has 0 saturated carbocycles. The number of nitrogens with one attached hydrogen (secondary N) is 1. The molecule has 2 rings (SSSR count). The van der Waals surface area contributed by atoms with E-state index in [0.717, 1.165) is 13.1 Å². The molecular formula is C14H26N4. The molecule has 2 heterocycles. The molecule has 1 aromatic heterocycles. The minimum absolute atomic E-state index is 0.566. The van der Waals surface area contributed by atoms with Gasteiger partial charge in [-0.15, -0.1) is 0 Å². The van der Waals surface area contributed by atoms with E-state index in [0.29, 0.717) is 12.1 Å². The van der Waals surface area contributed by atoms with Gasteiger partial charge < -0.3 is 5.32 Å². The zero-order valence-corrected chi connectivity index (χ0v) is 11.7. The highest BCUT2D eigenvalue weighted by Gasteiger charge is 2.23. The maximum absolute atomic E-state index is 4.29. The maximum Gasteiger partial charge on any atom is 0.0562 e. The van der Waals surface area contributed by atoms with E-state index in [-0.39, 0.29) is 0 Å². The molecule has 18 heavy (non-hydrogen) atoms. The standard InChI is InChI=1S/C14H26N4/c1-3-7-15-14-6-4-9-17(12-14)13(2)11-18-10-5-8-16-18/h5,8,10,13-15H,3-4,6-7,9,11-12H2,1-2H3. The number of hydrogen-bond donors (Lipinski definition) is 1. The van der Waals surface area contributed by atoms with Crippen LogP contribution in [-0.4, -0.2) is 46.4 Å². The van der Waals surface area contributed by atoms with Gasteiger partial charge in [0, 0.05) is 31.0 Å². The quantitative estimate of drug-likeness (QED) is 0.835. The Morgan fingerprint density at radius 3 is 3.11 bits per heavy atom. The Morgan fingerprint density at radius 1 is 1.50 bits per heavy atom. The van der Waals surface area contributed by atoms with Crippen LogP contribution in [0.25, 0.3) is 0 Å². The van der Waals surface area contributed by atoms with Gasteiger partial charge in [-0.25, -0.2) is 0 Å². The summed E-state index contributed by atoms with van der Waals surface area (Å²) in [4.78, 5) is 2.60. The molecule has 1 N–H and O–H groups in total. The van der Waals surface area contributed by atoms with Crippen LogP contribution in [0.1, 0.15) is 33.1 Å². The van der Waals surface area contributed by atoms with Crippen LogP contribution in [0.15, 0.2) is 18.5 Å². The van der Waals surface area contributed by atoms with E-state index in [2.05, 4.69) is 29.2 Å². The van der Waals surface area contributed by atoms with Gasteiger partial charge in [-0.05, 0) is 45.3 Å². The fourth-order valence-corrected chi connectivity index (χ4v) is 2.72. The lowest BCUT2D eigenvalue weighted by molar-refractivity contribution is 0.132. The lowest BCUT2D eigenvalue weighted by atomic mass is 10.0. The topological polar surface area (TPSA) is 33.1 Å². The van der Waals surface area contributed by atoms with E-state index in [4.69, 9.17) is 0 Å². The second-order valence-electron chi connectivity index (χ2n) is 5.37. The number of likely N-dealkylation sites (tertiary alicyclic amines) is 1. The molecule has 1 aliphatic rings. The predicted molar refractivity (Wildman–Crippen MR) is 74.6 cm³/mol. The van der Waals surface area contributed by atoms with Gasteiger partial charge in [0.1, 0.15) is 0 Å². The third-order valence-electron chi connectivity index (χ3n) is 3.77. The summed E-state index contributed by atoms with van der Waals surface area (Å²) in [5.74, 6) is 0. The van der Waals surface area contributed by atoms with Crippen LogP contribution in [0.5, 0.6) is 0 Å². The molecule has 102 valence electrons. The van der Waals surface area contributed by atoms with Crippen LogP contribution >= 0.6 is 0 Å². The molecule has 1 saturated heterocycles. The van der Waals surface area contributed by atoms with Crippen molar-refractivity contribution < 1.29 is 0 Å². The average Bonchev–Trinajstić information content (AvgIpc) is 2.89. The number of piperidine rings is 1. The lowest BCUT2D eigenvalue weighted by Crippen LogP contribution is -2.50. The monoisotopic (exact) mass is 250 g/mol. The Bertz CT molecular complexity index is 323. The normalized spacial score (nSPS) is 23.1. The van der Waals surface area contributed by atoms with E-state index in [9.17, 15) is 0 Å². The van der Waals surface area contributed by atoms with Gasteiger partial charge in [0.25, 0.3) is 0 Å². The Labute approximate surface area is 110 Å². The molecule has 0 bridgehead atoms. The fourth-order valence-electron chi connectivity index (χ4n) is 2.72. The summed E-state index contributed by atoms with van der Waals surface area (Å²) in [5, 5.41) is 7.94. The van der Waals surface area contributed by atoms with Gasteiger partial charge >= 0.3 is 0 Å². The van der Waals surface area contributed by atoms with Crippen molar-refractivity contribution in [3.63, 3.8) is 0 Å². The highest BCUT2D eigenvalue weighted by molar-refractivity contribution is 4.83. The molecule has 4 nitrogen and oxygen atoms in total. The molecule has 1 aromatic rings. The average molecular weight is 250 g/mol. The molecule has 0 spiro atoms. The van der Waals surface area contributed by atoms with Crippen molar-refractivity contribution in [1.82, 2.24) is 20.0 Å². The molecule has 1 fully saturated rings. The summed E-state index contributed by atoms with van der Waals surface area (Å²) in [7, 11) is 0. The van der Waals surface area contributed by atoms with Gasteiger partial charge in [0.15, 0.2) is 0 Å². The van der Waals surface area contributed by atoms with Crippen LogP contribution in [-0.2, 0) is 6.54 Å². The minimum atomic E-state index is 0.566. The van der Waals surface area contributed by atoms with Gasteiger partial charge in [-0.3, -0.25) is 9.58 Å². The Hall–Kier alpha value is -0.870. The summed E-state index contributed by atoms with van der Waals surface area (Å²) in [6, 6.07) is 3.24. The highest BCUT2D eigenvalue weighted by Crippen LogP contribution is 2.14. The maximum atomic E-state index is 4.29. The van der Waals surface area contributed by atoms with Crippen molar-refractivity contribution in [2.24, 2.45) is 0 Å². The van der Waals surface area contributed by atoms with E-state index >= 15 is 0 Å². The molecule has 4 heteroatoms. The molecule has 0 aromatic carbocycles. The second-order valence-corrected chi connectivity index (χ2v) is 5.37. The van der Waals surface area contributed by atoms with Crippen molar-refractivity contribution in [3.05, 3.63) is 18.5 Å². The Balaban J connectivity index is 1.80. The summed E-state index contributed by atoms with van der Waals surface area (Å²) in [6.07, 6.45) is 7.76. The molecule has 2 unspecified atom stereocenters. The van der Waals surface area contributed by atoms with Gasteiger partial charge in [-0.2, -0.15) is 5.10 Å². The summed E-state index contributed by atoms with van der Waals surface area (Å²) in [6.45, 7) is 9.09. The first kappa shape index (κ1) is 13.6. The summed E-state index contributed by atoms with van der Waals surface area (Å²) >= 11 is 0. The van der Waals surface area contributed by atoms with E-state index < -0.39 is 0 Å².